The first-order valence-electron chi connectivity index (χ1n) is 9.14. The largest absolute Gasteiger partial charge is 0.361 e. The van der Waals surface area contributed by atoms with Crippen LogP contribution in [0.4, 0.5) is 14.5 Å². The summed E-state index contributed by atoms with van der Waals surface area (Å²) in [6.45, 7) is 2.51. The second kappa shape index (κ2) is 6.98. The van der Waals surface area contributed by atoms with Crippen LogP contribution in [0, 0.1) is 11.6 Å². The summed E-state index contributed by atoms with van der Waals surface area (Å²) in [6, 6.07) is 11.0. The third kappa shape index (κ3) is 3.26. The summed E-state index contributed by atoms with van der Waals surface area (Å²) in [4.78, 5) is 28.7. The maximum atomic E-state index is 13.3. The lowest BCUT2D eigenvalue weighted by atomic mass is 9.85. The fourth-order valence-corrected chi connectivity index (χ4v) is 4.03. The number of piperidine rings is 1. The molecule has 2 fully saturated rings. The minimum Gasteiger partial charge on any atom is -0.361 e. The summed E-state index contributed by atoms with van der Waals surface area (Å²) in [6.07, 6.45) is 0.520. The maximum absolute atomic E-state index is 13.3. The number of morpholine rings is 1. The van der Waals surface area contributed by atoms with E-state index in [0.717, 1.165) is 0 Å². The number of rotatable bonds is 2. The number of carbonyl (C=O) groups is 2. The van der Waals surface area contributed by atoms with Gasteiger partial charge < -0.3 is 14.5 Å². The predicted molar refractivity (Wildman–Crippen MR) is 99.0 cm³/mol. The molecule has 0 spiro atoms. The minimum atomic E-state index is -0.754. The standard InChI is InChI=1S/C21H20F2N2O3/c1-21-13-24(20(27)14-2-4-15(22)5-3-14)11-10-18(21)25(19(26)12-28-21)17-8-6-16(23)7-9-17/h2-9,18H,10-13H2,1H3/t18-,21-/m1/s1. The van der Waals surface area contributed by atoms with Crippen LogP contribution in [0.2, 0.25) is 0 Å². The number of hydrogen-bond acceptors (Lipinski definition) is 3. The van der Waals surface area contributed by atoms with E-state index in [9.17, 15) is 18.4 Å². The van der Waals surface area contributed by atoms with Crippen molar-refractivity contribution < 1.29 is 23.1 Å². The number of carbonyl (C=O) groups excluding carboxylic acids is 2. The van der Waals surface area contributed by atoms with Crippen LogP contribution in [0.3, 0.4) is 0 Å². The Hall–Kier alpha value is -2.80. The number of anilines is 1. The highest BCUT2D eigenvalue weighted by Crippen LogP contribution is 2.36. The van der Waals surface area contributed by atoms with Gasteiger partial charge in [-0.05, 0) is 61.9 Å². The van der Waals surface area contributed by atoms with E-state index in [2.05, 4.69) is 0 Å². The molecule has 4 rings (SSSR count). The van der Waals surface area contributed by atoms with E-state index >= 15 is 0 Å². The first-order valence-corrected chi connectivity index (χ1v) is 9.14. The van der Waals surface area contributed by atoms with Crippen molar-refractivity contribution in [3.8, 4) is 0 Å². The zero-order chi connectivity index (χ0) is 19.9. The highest BCUT2D eigenvalue weighted by Gasteiger charge is 2.50. The van der Waals surface area contributed by atoms with Crippen LogP contribution in [-0.2, 0) is 9.53 Å². The molecule has 28 heavy (non-hydrogen) atoms. The molecule has 0 unspecified atom stereocenters. The lowest BCUT2D eigenvalue weighted by molar-refractivity contribution is -0.149. The van der Waals surface area contributed by atoms with Gasteiger partial charge in [-0.2, -0.15) is 0 Å². The van der Waals surface area contributed by atoms with E-state index in [4.69, 9.17) is 4.74 Å². The molecular weight excluding hydrogens is 366 g/mol. The number of ether oxygens (including phenoxy) is 1. The van der Waals surface area contributed by atoms with E-state index in [1.807, 2.05) is 6.92 Å². The monoisotopic (exact) mass is 386 g/mol. The molecule has 0 aromatic heterocycles. The molecule has 2 aliphatic rings. The number of fused-ring (bicyclic) bond motifs is 1. The smallest absolute Gasteiger partial charge is 0.253 e. The van der Waals surface area contributed by atoms with Crippen LogP contribution < -0.4 is 4.90 Å². The van der Waals surface area contributed by atoms with Crippen molar-refractivity contribution >= 4 is 17.5 Å². The normalized spacial score (nSPS) is 24.8. The fraction of sp³-hybridized carbons (Fsp3) is 0.333. The number of benzene rings is 2. The predicted octanol–water partition coefficient (Wildman–Crippen LogP) is 3.00. The van der Waals surface area contributed by atoms with Crippen molar-refractivity contribution in [2.45, 2.75) is 25.0 Å². The Labute approximate surface area is 161 Å². The zero-order valence-corrected chi connectivity index (χ0v) is 15.4. The van der Waals surface area contributed by atoms with Crippen LogP contribution in [-0.4, -0.2) is 48.1 Å². The number of hydrogen-bond donors (Lipinski definition) is 0. The van der Waals surface area contributed by atoms with Crippen molar-refractivity contribution in [3.63, 3.8) is 0 Å². The molecule has 0 bridgehead atoms. The fourth-order valence-electron chi connectivity index (χ4n) is 4.03. The molecule has 2 saturated heterocycles. The van der Waals surface area contributed by atoms with Gasteiger partial charge in [0.1, 0.15) is 23.8 Å². The van der Waals surface area contributed by atoms with Crippen LogP contribution in [0.1, 0.15) is 23.7 Å². The Morgan fingerprint density at radius 2 is 1.68 bits per heavy atom. The minimum absolute atomic E-state index is 0.108. The van der Waals surface area contributed by atoms with Crippen LogP contribution in [0.25, 0.3) is 0 Å². The van der Waals surface area contributed by atoms with Gasteiger partial charge in [-0.25, -0.2) is 8.78 Å². The Balaban J connectivity index is 1.58. The van der Waals surface area contributed by atoms with E-state index < -0.39 is 11.4 Å². The summed E-state index contributed by atoms with van der Waals surface area (Å²) in [5, 5.41) is 0. The van der Waals surface area contributed by atoms with Gasteiger partial charge >= 0.3 is 0 Å². The molecule has 7 heteroatoms. The van der Waals surface area contributed by atoms with Gasteiger partial charge in [-0.1, -0.05) is 0 Å². The molecule has 2 heterocycles. The third-order valence-electron chi connectivity index (χ3n) is 5.47. The highest BCUT2D eigenvalue weighted by atomic mass is 19.1. The van der Waals surface area contributed by atoms with Gasteiger partial charge in [0, 0.05) is 17.8 Å². The SMILES string of the molecule is C[C@@]12CN(C(=O)c3ccc(F)cc3)CC[C@H]1N(c1ccc(F)cc1)C(=O)CO2. The van der Waals surface area contributed by atoms with E-state index in [1.54, 1.807) is 21.9 Å². The molecule has 0 aliphatic carbocycles. The van der Waals surface area contributed by atoms with Gasteiger partial charge in [0.15, 0.2) is 0 Å². The lowest BCUT2D eigenvalue weighted by Gasteiger charge is -2.52. The molecule has 2 aromatic carbocycles. The Bertz CT molecular complexity index is 901. The maximum Gasteiger partial charge on any atom is 0.253 e. The summed E-state index contributed by atoms with van der Waals surface area (Å²) < 4.78 is 32.3. The number of amides is 2. The van der Waals surface area contributed by atoms with Crippen molar-refractivity contribution in [1.82, 2.24) is 4.90 Å². The van der Waals surface area contributed by atoms with Crippen LogP contribution in [0.15, 0.2) is 48.5 Å². The Morgan fingerprint density at radius 1 is 1.07 bits per heavy atom. The number of halogens is 2. The average Bonchev–Trinajstić information content (AvgIpc) is 2.69. The molecular formula is C21H20F2N2O3. The van der Waals surface area contributed by atoms with E-state index in [1.165, 1.54) is 36.4 Å². The van der Waals surface area contributed by atoms with E-state index in [0.29, 0.717) is 30.8 Å². The van der Waals surface area contributed by atoms with E-state index in [-0.39, 0.29) is 30.3 Å². The summed E-state index contributed by atoms with van der Waals surface area (Å²) in [5.74, 6) is -1.15. The van der Waals surface area contributed by atoms with Gasteiger partial charge in [0.05, 0.1) is 12.6 Å². The summed E-state index contributed by atoms with van der Waals surface area (Å²) >= 11 is 0. The third-order valence-corrected chi connectivity index (χ3v) is 5.47. The van der Waals surface area contributed by atoms with Crippen molar-refractivity contribution in [3.05, 3.63) is 65.7 Å². The van der Waals surface area contributed by atoms with Gasteiger partial charge in [-0.3, -0.25) is 9.59 Å². The molecule has 5 nitrogen and oxygen atoms in total. The molecule has 2 aliphatic heterocycles. The van der Waals surface area contributed by atoms with Crippen LogP contribution in [0.5, 0.6) is 0 Å². The molecule has 146 valence electrons. The number of nitrogens with zero attached hydrogens (tertiary/aromatic N) is 2. The average molecular weight is 386 g/mol. The van der Waals surface area contributed by atoms with Crippen LogP contribution >= 0.6 is 0 Å². The Morgan fingerprint density at radius 3 is 2.32 bits per heavy atom. The first-order chi connectivity index (χ1) is 13.4. The molecule has 2 amide bonds. The topological polar surface area (TPSA) is 49.9 Å². The van der Waals surface area contributed by atoms with Crippen molar-refractivity contribution in [1.29, 1.82) is 0 Å². The Kier molecular flexibility index (Phi) is 4.63. The second-order valence-corrected chi connectivity index (χ2v) is 7.38. The zero-order valence-electron chi connectivity index (χ0n) is 15.4. The van der Waals surface area contributed by atoms with Gasteiger partial charge in [0.2, 0.25) is 0 Å². The lowest BCUT2D eigenvalue weighted by Crippen LogP contribution is -2.68. The molecule has 2 aromatic rings. The van der Waals surface area contributed by atoms with Gasteiger partial charge in [-0.15, -0.1) is 0 Å². The van der Waals surface area contributed by atoms with Crippen molar-refractivity contribution in [2.75, 3.05) is 24.6 Å². The molecule has 0 saturated carbocycles. The molecule has 2 atom stereocenters. The highest BCUT2D eigenvalue weighted by molar-refractivity contribution is 5.97. The first kappa shape index (κ1) is 18.6. The summed E-state index contributed by atoms with van der Waals surface area (Å²) in [7, 11) is 0. The second-order valence-electron chi connectivity index (χ2n) is 7.38. The quantitative estimate of drug-likeness (QED) is 0.797. The van der Waals surface area contributed by atoms with Gasteiger partial charge in [0.25, 0.3) is 11.8 Å². The summed E-state index contributed by atoms with van der Waals surface area (Å²) in [5.41, 5.74) is 0.269. The molecule has 0 radical (unpaired) electrons. The number of likely N-dealkylation sites (tertiary alicyclic amines) is 1. The van der Waals surface area contributed by atoms with Crippen molar-refractivity contribution in [2.24, 2.45) is 0 Å². The molecule has 0 N–H and O–H groups in total.